The molecule has 0 aliphatic carbocycles. The Balaban J connectivity index is 1.62. The van der Waals surface area contributed by atoms with E-state index in [4.69, 9.17) is 0 Å². The summed E-state index contributed by atoms with van der Waals surface area (Å²) in [6.45, 7) is 0. The number of carbonyl (C=O) groups is 2. The van der Waals surface area contributed by atoms with Gasteiger partial charge in [0.05, 0.1) is 11.3 Å². The summed E-state index contributed by atoms with van der Waals surface area (Å²) in [7, 11) is 3.37. The minimum absolute atomic E-state index is 0.230. The second-order valence-corrected chi connectivity index (χ2v) is 8.82. The maximum atomic E-state index is 13.7. The number of urea groups is 1. The lowest BCUT2D eigenvalue weighted by atomic mass is 10.1. The van der Waals surface area contributed by atoms with Crippen LogP contribution >= 0.6 is 11.3 Å². The lowest BCUT2D eigenvalue weighted by Crippen LogP contribution is -2.53. The van der Waals surface area contributed by atoms with Gasteiger partial charge in [-0.15, -0.1) is 5.10 Å². The molecule has 6 rings (SSSR count). The van der Waals surface area contributed by atoms with E-state index >= 15 is 0 Å². The lowest BCUT2D eigenvalue weighted by Gasteiger charge is -2.29. The zero-order valence-electron chi connectivity index (χ0n) is 17.2. The molecule has 3 amide bonds. The van der Waals surface area contributed by atoms with Crippen LogP contribution in [0.15, 0.2) is 64.5 Å². The number of likely N-dealkylation sites (N-methyl/N-ethyl adjacent to an activating group) is 2. The predicted molar refractivity (Wildman–Crippen MR) is 120 cm³/mol. The van der Waals surface area contributed by atoms with Crippen molar-refractivity contribution in [1.82, 2.24) is 14.9 Å². The Morgan fingerprint density at radius 1 is 0.969 bits per heavy atom. The van der Waals surface area contributed by atoms with E-state index in [1.54, 1.807) is 23.9 Å². The van der Waals surface area contributed by atoms with Gasteiger partial charge in [-0.2, -0.15) is 0 Å². The van der Waals surface area contributed by atoms with Crippen molar-refractivity contribution in [3.63, 3.8) is 0 Å². The molecule has 1 aromatic heterocycles. The average molecular weight is 446 g/mol. The number of hydrogen-bond acceptors (Lipinski definition) is 6. The van der Waals surface area contributed by atoms with Crippen LogP contribution in [-0.2, 0) is 4.79 Å². The third-order valence-electron chi connectivity index (χ3n) is 6.16. The number of benzene rings is 2. The Morgan fingerprint density at radius 3 is 2.47 bits per heavy atom. The molecule has 3 aliphatic rings. The maximum absolute atomic E-state index is 13.7. The quantitative estimate of drug-likeness (QED) is 0.594. The molecule has 1 saturated heterocycles. The van der Waals surface area contributed by atoms with Crippen LogP contribution in [0.1, 0.15) is 11.7 Å². The first-order chi connectivity index (χ1) is 15.5. The third-order valence-corrected chi connectivity index (χ3v) is 7.21. The van der Waals surface area contributed by atoms with Gasteiger partial charge in [0.1, 0.15) is 4.53 Å². The van der Waals surface area contributed by atoms with Gasteiger partial charge in [0.15, 0.2) is 12.3 Å². The van der Waals surface area contributed by atoms with E-state index < -0.39 is 12.3 Å². The summed E-state index contributed by atoms with van der Waals surface area (Å²) >= 11 is 1.16. The summed E-state index contributed by atoms with van der Waals surface area (Å²) < 4.78 is 1.85. The molecular formula is C22H18N6O3S. The molecule has 4 heterocycles. The molecule has 0 saturated carbocycles. The normalized spacial score (nSPS) is 23.0. The van der Waals surface area contributed by atoms with Crippen molar-refractivity contribution in [1.29, 1.82) is 0 Å². The number of fused-ring (bicyclic) bond motifs is 4. The highest BCUT2D eigenvalue weighted by molar-refractivity contribution is 7.07. The van der Waals surface area contributed by atoms with Crippen molar-refractivity contribution >= 4 is 40.2 Å². The highest BCUT2D eigenvalue weighted by atomic mass is 32.1. The molecule has 0 bridgehead atoms. The molecule has 0 spiro atoms. The Hall–Kier alpha value is -3.92. The Morgan fingerprint density at radius 2 is 1.69 bits per heavy atom. The van der Waals surface area contributed by atoms with Gasteiger partial charge in [-0.3, -0.25) is 24.5 Å². The highest BCUT2D eigenvalue weighted by Crippen LogP contribution is 2.35. The van der Waals surface area contributed by atoms with E-state index in [0.717, 1.165) is 22.6 Å². The van der Waals surface area contributed by atoms with Crippen LogP contribution in [0.4, 0.5) is 16.2 Å². The van der Waals surface area contributed by atoms with Crippen molar-refractivity contribution in [2.75, 3.05) is 23.9 Å². The van der Waals surface area contributed by atoms with Crippen molar-refractivity contribution in [2.24, 2.45) is 5.10 Å². The molecule has 3 aliphatic heterocycles. The number of carbonyl (C=O) groups excluding carboxylic acids is 2. The van der Waals surface area contributed by atoms with E-state index in [1.165, 1.54) is 9.47 Å². The van der Waals surface area contributed by atoms with Crippen LogP contribution in [0.25, 0.3) is 5.57 Å². The van der Waals surface area contributed by atoms with E-state index in [1.807, 2.05) is 54.6 Å². The van der Waals surface area contributed by atoms with Gasteiger partial charge in [-0.1, -0.05) is 47.7 Å². The van der Waals surface area contributed by atoms with Gasteiger partial charge in [0.2, 0.25) is 4.80 Å². The number of thiazole rings is 1. The van der Waals surface area contributed by atoms with E-state index in [2.05, 4.69) is 10.5 Å². The van der Waals surface area contributed by atoms with Gasteiger partial charge in [-0.05, 0) is 18.2 Å². The van der Waals surface area contributed by atoms with Gasteiger partial charge in [-0.25, -0.2) is 4.79 Å². The highest BCUT2D eigenvalue weighted by Gasteiger charge is 2.49. The number of rotatable bonds is 1. The molecule has 2 aromatic carbocycles. The fraction of sp³-hybridized carbons (Fsp3) is 0.182. The van der Waals surface area contributed by atoms with Crippen LogP contribution in [0.5, 0.6) is 0 Å². The maximum Gasteiger partial charge on any atom is 0.327 e. The Labute approximate surface area is 186 Å². The van der Waals surface area contributed by atoms with Crippen molar-refractivity contribution in [3.8, 4) is 0 Å². The van der Waals surface area contributed by atoms with Gasteiger partial charge < -0.3 is 9.80 Å². The average Bonchev–Trinajstić information content (AvgIpc) is 3.37. The molecule has 160 valence electrons. The summed E-state index contributed by atoms with van der Waals surface area (Å²) in [4.78, 5) is 45.0. The summed E-state index contributed by atoms with van der Waals surface area (Å²) in [5.41, 5.74) is 5.23. The van der Waals surface area contributed by atoms with Crippen molar-refractivity contribution in [3.05, 3.63) is 79.8 Å². The minimum atomic E-state index is -0.634. The second kappa shape index (κ2) is 6.54. The SMILES string of the molecule is CN1C(=O)/C(=c2\sc3n(c2=O)C2C(NN=3)N(C)C(=O)N2c2ccccc2)c2ccccc21. The molecule has 9 nitrogen and oxygen atoms in total. The van der Waals surface area contributed by atoms with E-state index in [0.29, 0.717) is 20.6 Å². The zero-order valence-corrected chi connectivity index (χ0v) is 18.0. The largest absolute Gasteiger partial charge is 0.327 e. The van der Waals surface area contributed by atoms with Gasteiger partial charge >= 0.3 is 6.03 Å². The fourth-order valence-corrected chi connectivity index (χ4v) is 5.62. The number of anilines is 2. The number of aromatic nitrogens is 1. The van der Waals surface area contributed by atoms with Crippen LogP contribution < -0.4 is 30.1 Å². The molecule has 32 heavy (non-hydrogen) atoms. The van der Waals surface area contributed by atoms with Gasteiger partial charge in [0.25, 0.3) is 11.5 Å². The second-order valence-electron chi connectivity index (χ2n) is 7.84. The van der Waals surface area contributed by atoms with E-state index in [-0.39, 0.29) is 17.5 Å². The molecule has 2 atom stereocenters. The number of hydrogen-bond donors (Lipinski definition) is 1. The Bertz CT molecular complexity index is 1480. The monoisotopic (exact) mass is 446 g/mol. The molecule has 2 unspecified atom stereocenters. The number of amides is 3. The first kappa shape index (κ1) is 18.8. The standard InChI is InChI=1S/C22H18N6O3S/c1-25-14-11-7-6-10-13(14)15(19(25)29)16-20(30)28-18-17(23-24-21(28)32-16)26(2)22(31)27(18)12-8-4-3-5-9-12/h3-11,17-18,23H,1-2H3/b16-15-. The number of nitrogens with one attached hydrogen (secondary N) is 1. The van der Waals surface area contributed by atoms with Crippen LogP contribution in [0.2, 0.25) is 0 Å². The lowest BCUT2D eigenvalue weighted by molar-refractivity contribution is -0.112. The molecule has 10 heteroatoms. The summed E-state index contributed by atoms with van der Waals surface area (Å²) in [5.74, 6) is -0.230. The molecular weight excluding hydrogens is 428 g/mol. The minimum Gasteiger partial charge on any atom is -0.311 e. The van der Waals surface area contributed by atoms with Gasteiger partial charge in [0, 0.05) is 25.3 Å². The topological polar surface area (TPSA) is 90.2 Å². The first-order valence-electron chi connectivity index (χ1n) is 10.1. The smallest absolute Gasteiger partial charge is 0.311 e. The third kappa shape index (κ3) is 2.32. The molecule has 1 N–H and O–H groups in total. The molecule has 0 radical (unpaired) electrons. The van der Waals surface area contributed by atoms with Crippen LogP contribution in [0.3, 0.4) is 0 Å². The summed E-state index contributed by atoms with van der Waals surface area (Å²) in [6.07, 6.45) is -1.15. The molecule has 1 fully saturated rings. The number of nitrogens with zero attached hydrogens (tertiary/aromatic N) is 5. The Kier molecular flexibility index (Phi) is 3.84. The summed E-state index contributed by atoms with van der Waals surface area (Å²) in [5, 5.41) is 4.37. The van der Waals surface area contributed by atoms with Crippen LogP contribution in [-0.4, -0.2) is 41.7 Å². The fourth-order valence-electron chi connectivity index (χ4n) is 4.56. The van der Waals surface area contributed by atoms with E-state index in [9.17, 15) is 14.4 Å². The van der Waals surface area contributed by atoms with Crippen LogP contribution in [0, 0.1) is 0 Å². The summed E-state index contributed by atoms with van der Waals surface area (Å²) in [6, 6.07) is 16.4. The number of para-hydroxylation sites is 2. The zero-order chi connectivity index (χ0) is 22.1. The predicted octanol–water partition coefficient (Wildman–Crippen LogP) is 0.620. The van der Waals surface area contributed by atoms with Crippen molar-refractivity contribution in [2.45, 2.75) is 12.3 Å². The first-order valence-corrected chi connectivity index (χ1v) is 10.9. The van der Waals surface area contributed by atoms with Crippen molar-refractivity contribution < 1.29 is 9.59 Å². The molecule has 3 aromatic rings.